The lowest BCUT2D eigenvalue weighted by Crippen LogP contribution is -2.28. The number of nitrogens with one attached hydrogen (secondary N) is 1. The number of carbonyl (C=O) groups excluding carboxylic acids is 1. The first kappa shape index (κ1) is 25.8. The summed E-state index contributed by atoms with van der Waals surface area (Å²) >= 11 is 0. The molecule has 2 aromatic carbocycles. The summed E-state index contributed by atoms with van der Waals surface area (Å²) in [7, 11) is -2.39. The van der Waals surface area contributed by atoms with E-state index in [1.54, 1.807) is 28.8 Å². The van der Waals surface area contributed by atoms with Gasteiger partial charge < -0.3 is 10.1 Å². The first-order chi connectivity index (χ1) is 18.2. The normalized spacial score (nSPS) is 14.2. The maximum Gasteiger partial charge on any atom is 0.272 e. The van der Waals surface area contributed by atoms with E-state index in [0.717, 1.165) is 29.8 Å². The number of amides is 1. The predicted molar refractivity (Wildman–Crippen MR) is 140 cm³/mol. The van der Waals surface area contributed by atoms with E-state index in [9.17, 15) is 17.6 Å². The maximum absolute atomic E-state index is 13.5. The number of aromatic nitrogens is 3. The van der Waals surface area contributed by atoms with Crippen molar-refractivity contribution in [3.05, 3.63) is 77.0 Å². The molecule has 2 aromatic heterocycles. The summed E-state index contributed by atoms with van der Waals surface area (Å²) in [5.74, 6) is -0.606. The fourth-order valence-electron chi connectivity index (χ4n) is 4.72. The number of benzene rings is 2. The zero-order chi connectivity index (χ0) is 27.0. The van der Waals surface area contributed by atoms with E-state index in [2.05, 4.69) is 15.4 Å². The van der Waals surface area contributed by atoms with Crippen molar-refractivity contribution in [1.29, 1.82) is 0 Å². The lowest BCUT2D eigenvalue weighted by atomic mass is 10.0. The lowest BCUT2D eigenvalue weighted by Gasteiger charge is -2.18. The number of hydrogen-bond donors (Lipinski definition) is 1. The van der Waals surface area contributed by atoms with Crippen molar-refractivity contribution >= 4 is 21.6 Å². The molecule has 1 amide bonds. The predicted octanol–water partition coefficient (Wildman–Crippen LogP) is 3.88. The molecule has 11 heteroatoms. The first-order valence-electron chi connectivity index (χ1n) is 12.3. The van der Waals surface area contributed by atoms with Crippen LogP contribution in [0.25, 0.3) is 16.8 Å². The molecule has 0 saturated carbocycles. The van der Waals surface area contributed by atoms with Crippen molar-refractivity contribution in [3.8, 4) is 16.9 Å². The summed E-state index contributed by atoms with van der Waals surface area (Å²) in [6.07, 6.45) is 1.60. The average Bonchev–Trinajstić information content (AvgIpc) is 3.57. The number of aryl methyl sites for hydroxylation is 2. The molecule has 1 aliphatic rings. The summed E-state index contributed by atoms with van der Waals surface area (Å²) in [5.41, 5.74) is 3.64. The quantitative estimate of drug-likeness (QED) is 0.384. The third-order valence-corrected chi connectivity index (χ3v) is 8.53. The molecular weight excluding hydrogens is 509 g/mol. The molecule has 38 heavy (non-hydrogen) atoms. The van der Waals surface area contributed by atoms with Gasteiger partial charge in [0.25, 0.3) is 5.91 Å². The minimum atomic E-state index is -3.82. The number of halogens is 1. The molecule has 9 nitrogen and oxygen atoms in total. The van der Waals surface area contributed by atoms with Crippen LogP contribution in [0.15, 0.2) is 53.4 Å². The largest absolute Gasteiger partial charge is 0.495 e. The van der Waals surface area contributed by atoms with Crippen LogP contribution in [0, 0.1) is 19.7 Å². The third-order valence-electron chi connectivity index (χ3n) is 6.61. The Kier molecular flexibility index (Phi) is 6.89. The number of rotatable bonds is 7. The lowest BCUT2D eigenvalue weighted by molar-refractivity contribution is 0.0946. The van der Waals surface area contributed by atoms with Crippen LogP contribution in [0.1, 0.15) is 40.3 Å². The SMILES string of the molecule is COc1ccc(-c2c(C(=O)NCc3ccc(F)cc3)nn3c(C)cc(C)nc23)cc1S(=O)(=O)N1CCCC1. The van der Waals surface area contributed by atoms with Crippen LogP contribution in [0.2, 0.25) is 0 Å². The molecule has 0 unspecified atom stereocenters. The molecule has 1 aliphatic heterocycles. The van der Waals surface area contributed by atoms with Gasteiger partial charge in [-0.1, -0.05) is 18.2 Å². The van der Waals surface area contributed by atoms with Crippen molar-refractivity contribution in [1.82, 2.24) is 24.2 Å². The van der Waals surface area contributed by atoms with Crippen molar-refractivity contribution in [2.45, 2.75) is 38.1 Å². The van der Waals surface area contributed by atoms with E-state index in [1.165, 1.54) is 29.6 Å². The monoisotopic (exact) mass is 537 g/mol. The highest BCUT2D eigenvalue weighted by atomic mass is 32.2. The van der Waals surface area contributed by atoms with Crippen molar-refractivity contribution in [2.75, 3.05) is 20.2 Å². The van der Waals surface area contributed by atoms with Crippen LogP contribution in [0.3, 0.4) is 0 Å². The van der Waals surface area contributed by atoms with Crippen LogP contribution >= 0.6 is 0 Å². The first-order valence-corrected chi connectivity index (χ1v) is 13.7. The van der Waals surface area contributed by atoms with Gasteiger partial charge >= 0.3 is 0 Å². The van der Waals surface area contributed by atoms with Gasteiger partial charge in [-0.15, -0.1) is 0 Å². The summed E-state index contributed by atoms with van der Waals surface area (Å²) in [6.45, 7) is 4.76. The number of nitrogens with zero attached hydrogens (tertiary/aromatic N) is 4. The Balaban J connectivity index is 1.63. The molecule has 198 valence electrons. The number of hydrogen-bond acceptors (Lipinski definition) is 6. The van der Waals surface area contributed by atoms with Gasteiger partial charge in [0.15, 0.2) is 11.3 Å². The van der Waals surface area contributed by atoms with E-state index >= 15 is 0 Å². The second kappa shape index (κ2) is 10.1. The molecule has 0 bridgehead atoms. The Morgan fingerprint density at radius 1 is 1.08 bits per heavy atom. The standard InChI is InChI=1S/C27H28FN5O4S/c1-17-14-18(2)33-26(30-17)24(25(31-33)27(34)29-16-19-6-9-21(28)10-7-19)20-8-11-22(37-3)23(15-20)38(35,36)32-12-4-5-13-32/h6-11,14-15H,4-5,12-13,16H2,1-3H3,(H,29,34). The fourth-order valence-corrected chi connectivity index (χ4v) is 6.41. The number of fused-ring (bicyclic) bond motifs is 1. The van der Waals surface area contributed by atoms with Gasteiger partial charge in [-0.3, -0.25) is 4.79 Å². The van der Waals surface area contributed by atoms with Gasteiger partial charge in [-0.2, -0.15) is 9.40 Å². The van der Waals surface area contributed by atoms with Gasteiger partial charge in [0.2, 0.25) is 10.0 Å². The molecule has 4 aromatic rings. The highest BCUT2D eigenvalue weighted by molar-refractivity contribution is 7.89. The second-order valence-electron chi connectivity index (χ2n) is 9.28. The average molecular weight is 538 g/mol. The Labute approximate surface area is 220 Å². The summed E-state index contributed by atoms with van der Waals surface area (Å²) in [5, 5.41) is 7.39. The topological polar surface area (TPSA) is 106 Å². The molecule has 0 atom stereocenters. The Hall–Kier alpha value is -3.83. The van der Waals surface area contributed by atoms with E-state index < -0.39 is 15.9 Å². The molecule has 0 aliphatic carbocycles. The minimum Gasteiger partial charge on any atom is -0.495 e. The molecular formula is C27H28FN5O4S. The van der Waals surface area contributed by atoms with Crippen LogP contribution in [-0.4, -0.2) is 53.4 Å². The van der Waals surface area contributed by atoms with Crippen LogP contribution in [-0.2, 0) is 16.6 Å². The van der Waals surface area contributed by atoms with Crippen molar-refractivity contribution < 1.29 is 22.3 Å². The summed E-state index contributed by atoms with van der Waals surface area (Å²) < 4.78 is 48.8. The maximum atomic E-state index is 13.5. The van der Waals surface area contributed by atoms with E-state index in [-0.39, 0.29) is 28.7 Å². The molecule has 1 fully saturated rings. The van der Waals surface area contributed by atoms with Gasteiger partial charge in [0.1, 0.15) is 16.5 Å². The summed E-state index contributed by atoms with van der Waals surface area (Å²) in [4.78, 5) is 18.1. The minimum absolute atomic E-state index is 0.0285. The van der Waals surface area contributed by atoms with Crippen LogP contribution in [0.4, 0.5) is 4.39 Å². The zero-order valence-electron chi connectivity index (χ0n) is 21.4. The van der Waals surface area contributed by atoms with Gasteiger partial charge in [-0.25, -0.2) is 22.3 Å². The molecule has 1 N–H and O–H groups in total. The molecule has 5 rings (SSSR count). The summed E-state index contributed by atoms with van der Waals surface area (Å²) in [6, 6.07) is 12.5. The number of ether oxygens (including phenoxy) is 1. The number of methoxy groups -OCH3 is 1. The Morgan fingerprint density at radius 2 is 1.79 bits per heavy atom. The molecule has 3 heterocycles. The highest BCUT2D eigenvalue weighted by Crippen LogP contribution is 2.36. The van der Waals surface area contributed by atoms with Crippen molar-refractivity contribution in [3.63, 3.8) is 0 Å². The third kappa shape index (κ3) is 4.74. The smallest absolute Gasteiger partial charge is 0.272 e. The van der Waals surface area contributed by atoms with E-state index in [4.69, 9.17) is 4.74 Å². The number of carbonyl (C=O) groups is 1. The Bertz CT molecular complexity index is 1630. The second-order valence-corrected chi connectivity index (χ2v) is 11.2. The molecule has 1 saturated heterocycles. The van der Waals surface area contributed by atoms with E-state index in [1.807, 2.05) is 19.9 Å². The number of sulfonamides is 1. The van der Waals surface area contributed by atoms with Gasteiger partial charge in [0, 0.05) is 31.0 Å². The fraction of sp³-hybridized carbons (Fsp3) is 0.296. The zero-order valence-corrected chi connectivity index (χ0v) is 22.2. The van der Waals surface area contributed by atoms with Gasteiger partial charge in [-0.05, 0) is 68.1 Å². The van der Waals surface area contributed by atoms with E-state index in [0.29, 0.717) is 29.9 Å². The Morgan fingerprint density at radius 3 is 2.47 bits per heavy atom. The van der Waals surface area contributed by atoms with Crippen LogP contribution < -0.4 is 10.1 Å². The molecule has 0 spiro atoms. The van der Waals surface area contributed by atoms with Crippen molar-refractivity contribution in [2.24, 2.45) is 0 Å². The molecule has 0 radical (unpaired) electrons. The van der Waals surface area contributed by atoms with Gasteiger partial charge in [0.05, 0.1) is 12.7 Å². The van der Waals surface area contributed by atoms with Crippen LogP contribution in [0.5, 0.6) is 5.75 Å². The highest BCUT2D eigenvalue weighted by Gasteiger charge is 2.31.